The van der Waals surface area contributed by atoms with Crippen LogP contribution in [0.5, 0.6) is 0 Å². The summed E-state index contributed by atoms with van der Waals surface area (Å²) >= 11 is 0. The lowest BCUT2D eigenvalue weighted by Gasteiger charge is -2.19. The number of aliphatic hydroxyl groups excluding tert-OH is 2. The maximum Gasteiger partial charge on any atom is 0.0897 e. The van der Waals surface area contributed by atoms with Gasteiger partial charge >= 0.3 is 0 Å². The van der Waals surface area contributed by atoms with E-state index in [1.54, 1.807) is 0 Å². The fraction of sp³-hybridized carbons (Fsp3) is 0.625. The second-order valence-electron chi connectivity index (χ2n) is 5.20. The Labute approximate surface area is 126 Å². The van der Waals surface area contributed by atoms with Crippen LogP contribution in [0.4, 0.5) is 0 Å². The molecule has 1 rings (SSSR count). The molecule has 5 nitrogen and oxygen atoms in total. The van der Waals surface area contributed by atoms with E-state index < -0.39 is 6.10 Å². The predicted octanol–water partition coefficient (Wildman–Crippen LogP) is 1.11. The molecule has 0 bridgehead atoms. The zero-order valence-electron chi connectivity index (χ0n) is 12.9. The van der Waals surface area contributed by atoms with Crippen LogP contribution < -0.4 is 5.32 Å². The number of hydrogen-bond acceptors (Lipinski definition) is 5. The van der Waals surface area contributed by atoms with Gasteiger partial charge in [-0.15, -0.1) is 0 Å². The van der Waals surface area contributed by atoms with Crippen LogP contribution in [0.25, 0.3) is 0 Å². The van der Waals surface area contributed by atoms with Crippen molar-refractivity contribution in [1.29, 1.82) is 0 Å². The minimum absolute atomic E-state index is 0.0141. The van der Waals surface area contributed by atoms with E-state index in [9.17, 15) is 10.2 Å². The van der Waals surface area contributed by atoms with E-state index in [4.69, 9.17) is 9.47 Å². The lowest BCUT2D eigenvalue weighted by atomic mass is 10.1. The monoisotopic (exact) mass is 297 g/mol. The molecule has 0 aromatic heterocycles. The molecule has 0 fully saturated rings. The third kappa shape index (κ3) is 8.14. The first kappa shape index (κ1) is 18.1. The number of rotatable bonds is 11. The number of nitrogens with one attached hydrogen (secondary N) is 1. The normalized spacial score (nSPS) is 14.3. The van der Waals surface area contributed by atoms with E-state index in [1.165, 1.54) is 0 Å². The SMILES string of the molecule is CC(C)OCCOCC(O)CNC(CO)c1ccccc1. The van der Waals surface area contributed by atoms with Crippen LogP contribution in [0, 0.1) is 0 Å². The van der Waals surface area contributed by atoms with E-state index in [0.717, 1.165) is 5.56 Å². The molecule has 0 heterocycles. The molecular formula is C16H27NO4. The molecule has 0 spiro atoms. The Morgan fingerprint density at radius 1 is 1.14 bits per heavy atom. The first-order chi connectivity index (χ1) is 10.1. The van der Waals surface area contributed by atoms with Crippen molar-refractivity contribution in [3.8, 4) is 0 Å². The third-order valence-corrected chi connectivity index (χ3v) is 2.97. The van der Waals surface area contributed by atoms with Crippen LogP contribution in [0.15, 0.2) is 30.3 Å². The second kappa shape index (κ2) is 10.7. The summed E-state index contributed by atoms with van der Waals surface area (Å²) in [5, 5.41) is 22.4. The second-order valence-corrected chi connectivity index (χ2v) is 5.20. The van der Waals surface area contributed by atoms with E-state index in [0.29, 0.717) is 19.8 Å². The summed E-state index contributed by atoms with van der Waals surface area (Å²) in [7, 11) is 0. The van der Waals surface area contributed by atoms with Gasteiger partial charge in [0.1, 0.15) is 0 Å². The largest absolute Gasteiger partial charge is 0.394 e. The van der Waals surface area contributed by atoms with Crippen LogP contribution in [-0.2, 0) is 9.47 Å². The highest BCUT2D eigenvalue weighted by molar-refractivity contribution is 5.18. The first-order valence-corrected chi connectivity index (χ1v) is 7.40. The zero-order chi connectivity index (χ0) is 15.5. The third-order valence-electron chi connectivity index (χ3n) is 2.97. The van der Waals surface area contributed by atoms with Gasteiger partial charge in [-0.25, -0.2) is 0 Å². The van der Waals surface area contributed by atoms with E-state index in [1.807, 2.05) is 44.2 Å². The maximum atomic E-state index is 9.84. The highest BCUT2D eigenvalue weighted by Gasteiger charge is 2.12. The Morgan fingerprint density at radius 2 is 1.86 bits per heavy atom. The lowest BCUT2D eigenvalue weighted by molar-refractivity contribution is -0.0108. The Bertz CT molecular complexity index is 359. The van der Waals surface area contributed by atoms with Crippen molar-refractivity contribution < 1.29 is 19.7 Å². The molecule has 21 heavy (non-hydrogen) atoms. The molecular weight excluding hydrogens is 270 g/mol. The van der Waals surface area contributed by atoms with Crippen LogP contribution in [0.3, 0.4) is 0 Å². The minimum Gasteiger partial charge on any atom is -0.394 e. The van der Waals surface area contributed by atoms with Crippen molar-refractivity contribution in [2.45, 2.75) is 32.1 Å². The summed E-state index contributed by atoms with van der Waals surface area (Å²) in [6.45, 7) is 5.54. The Kier molecular flexibility index (Phi) is 9.21. The van der Waals surface area contributed by atoms with E-state index >= 15 is 0 Å². The van der Waals surface area contributed by atoms with E-state index in [-0.39, 0.29) is 25.4 Å². The molecule has 0 aliphatic carbocycles. The summed E-state index contributed by atoms with van der Waals surface area (Å²) in [4.78, 5) is 0. The van der Waals surface area contributed by atoms with Crippen molar-refractivity contribution in [3.05, 3.63) is 35.9 Å². The molecule has 0 radical (unpaired) electrons. The average Bonchev–Trinajstić information content (AvgIpc) is 2.48. The molecule has 1 aromatic carbocycles. The van der Waals surface area contributed by atoms with Gasteiger partial charge in [-0.05, 0) is 19.4 Å². The molecule has 0 saturated heterocycles. The van der Waals surface area contributed by atoms with E-state index in [2.05, 4.69) is 5.32 Å². The van der Waals surface area contributed by atoms with Crippen molar-refractivity contribution >= 4 is 0 Å². The van der Waals surface area contributed by atoms with Gasteiger partial charge in [0, 0.05) is 6.54 Å². The molecule has 0 aliphatic rings. The highest BCUT2D eigenvalue weighted by atomic mass is 16.5. The molecule has 2 unspecified atom stereocenters. The Hall–Kier alpha value is -0.980. The van der Waals surface area contributed by atoms with Crippen LogP contribution in [0.1, 0.15) is 25.5 Å². The summed E-state index contributed by atoms with van der Waals surface area (Å²) in [6.07, 6.45) is -0.418. The number of ether oxygens (including phenoxy) is 2. The standard InChI is InChI=1S/C16H27NO4/c1-13(2)21-9-8-20-12-15(19)10-17-16(11-18)14-6-4-3-5-7-14/h3-7,13,15-19H,8-12H2,1-2H3. The quantitative estimate of drug-likeness (QED) is 0.534. The number of benzene rings is 1. The predicted molar refractivity (Wildman–Crippen MR) is 82.2 cm³/mol. The molecule has 0 saturated carbocycles. The molecule has 5 heteroatoms. The summed E-state index contributed by atoms with van der Waals surface area (Å²) in [5.74, 6) is 0. The molecule has 2 atom stereocenters. The number of hydrogen-bond donors (Lipinski definition) is 3. The van der Waals surface area contributed by atoms with Crippen molar-refractivity contribution in [2.24, 2.45) is 0 Å². The van der Waals surface area contributed by atoms with Gasteiger partial charge in [0.05, 0.1) is 44.7 Å². The summed E-state index contributed by atoms with van der Waals surface area (Å²) in [5.41, 5.74) is 0.999. The minimum atomic E-state index is -0.609. The van der Waals surface area contributed by atoms with Crippen molar-refractivity contribution in [3.63, 3.8) is 0 Å². The lowest BCUT2D eigenvalue weighted by Crippen LogP contribution is -2.34. The van der Waals surface area contributed by atoms with Gasteiger partial charge in [-0.1, -0.05) is 30.3 Å². The fourth-order valence-electron chi connectivity index (χ4n) is 1.87. The Morgan fingerprint density at radius 3 is 2.48 bits per heavy atom. The molecule has 120 valence electrons. The topological polar surface area (TPSA) is 71.0 Å². The van der Waals surface area contributed by atoms with Crippen LogP contribution >= 0.6 is 0 Å². The van der Waals surface area contributed by atoms with Gasteiger partial charge < -0.3 is 25.0 Å². The van der Waals surface area contributed by atoms with Gasteiger partial charge in [0.2, 0.25) is 0 Å². The van der Waals surface area contributed by atoms with Gasteiger partial charge in [0.15, 0.2) is 0 Å². The molecule has 1 aromatic rings. The smallest absolute Gasteiger partial charge is 0.0897 e. The van der Waals surface area contributed by atoms with Gasteiger partial charge in [-0.3, -0.25) is 0 Å². The van der Waals surface area contributed by atoms with Crippen molar-refractivity contribution in [1.82, 2.24) is 5.32 Å². The molecule has 0 amide bonds. The van der Waals surface area contributed by atoms with Crippen molar-refractivity contribution in [2.75, 3.05) is 33.0 Å². The average molecular weight is 297 g/mol. The van der Waals surface area contributed by atoms with Gasteiger partial charge in [0.25, 0.3) is 0 Å². The maximum absolute atomic E-state index is 9.84. The summed E-state index contributed by atoms with van der Waals surface area (Å²) < 4.78 is 10.7. The first-order valence-electron chi connectivity index (χ1n) is 7.40. The number of aliphatic hydroxyl groups is 2. The highest BCUT2D eigenvalue weighted by Crippen LogP contribution is 2.11. The molecule has 3 N–H and O–H groups in total. The summed E-state index contributed by atoms with van der Waals surface area (Å²) in [6, 6.07) is 9.49. The van der Waals surface area contributed by atoms with Crippen LogP contribution in [-0.4, -0.2) is 55.4 Å². The Balaban J connectivity index is 2.18. The van der Waals surface area contributed by atoms with Crippen LogP contribution in [0.2, 0.25) is 0 Å². The fourth-order valence-corrected chi connectivity index (χ4v) is 1.87. The van der Waals surface area contributed by atoms with Gasteiger partial charge in [-0.2, -0.15) is 0 Å². The molecule has 0 aliphatic heterocycles. The zero-order valence-corrected chi connectivity index (χ0v) is 12.9.